The summed E-state index contributed by atoms with van der Waals surface area (Å²) in [7, 11) is 0. The molecule has 4 nitrogen and oxygen atoms in total. The minimum atomic E-state index is 0. The van der Waals surface area contributed by atoms with Crippen LogP contribution in [0.15, 0.2) is 41.4 Å². The van der Waals surface area contributed by atoms with Crippen LogP contribution in [0.5, 0.6) is 0 Å². The number of hydrogen-bond acceptors (Lipinski definition) is 2. The van der Waals surface area contributed by atoms with Crippen LogP contribution in [0.4, 0.5) is 0 Å². The van der Waals surface area contributed by atoms with Gasteiger partial charge in [0.25, 0.3) is 0 Å². The number of nitrogens with two attached hydrogens (primary N) is 1. The first-order valence-corrected chi connectivity index (χ1v) is 7.62. The van der Waals surface area contributed by atoms with Crippen molar-refractivity contribution >= 4 is 29.9 Å². The minimum Gasteiger partial charge on any atom is -0.370 e. The quantitative estimate of drug-likeness (QED) is 0.247. The second kappa shape index (κ2) is 9.84. The summed E-state index contributed by atoms with van der Waals surface area (Å²) in [6.45, 7) is 10.5. The fraction of sp³-hybridized carbons (Fsp3) is 0.471. The third-order valence-electron chi connectivity index (χ3n) is 3.69. The predicted octanol–water partition coefficient (Wildman–Crippen LogP) is 2.53. The molecule has 2 rings (SSSR count). The van der Waals surface area contributed by atoms with Gasteiger partial charge in [0.15, 0.2) is 5.96 Å². The van der Waals surface area contributed by atoms with Gasteiger partial charge in [-0.05, 0) is 30.9 Å². The lowest BCUT2D eigenvalue weighted by Gasteiger charge is -2.28. The molecule has 5 heteroatoms. The maximum atomic E-state index is 5.79. The Balaban J connectivity index is 0.00000242. The molecule has 0 saturated heterocycles. The highest BCUT2D eigenvalue weighted by atomic mass is 127. The Kier molecular flexibility index (Phi) is 8.48. The largest absolute Gasteiger partial charge is 0.370 e. The van der Waals surface area contributed by atoms with Crippen LogP contribution >= 0.6 is 24.0 Å². The second-order valence-corrected chi connectivity index (χ2v) is 5.73. The van der Waals surface area contributed by atoms with E-state index >= 15 is 0 Å². The van der Waals surface area contributed by atoms with E-state index in [2.05, 4.69) is 46.1 Å². The molecular weight excluding hydrogens is 387 g/mol. The van der Waals surface area contributed by atoms with E-state index in [9.17, 15) is 0 Å². The van der Waals surface area contributed by atoms with Crippen LogP contribution in [0.2, 0.25) is 0 Å². The third kappa shape index (κ3) is 6.36. The van der Waals surface area contributed by atoms with Gasteiger partial charge in [-0.3, -0.25) is 4.90 Å². The lowest BCUT2D eigenvalue weighted by Crippen LogP contribution is -2.36. The number of nitrogens with one attached hydrogen (secondary N) is 1. The number of rotatable bonds is 6. The zero-order valence-corrected chi connectivity index (χ0v) is 15.7. The van der Waals surface area contributed by atoms with Crippen LogP contribution < -0.4 is 11.1 Å². The summed E-state index contributed by atoms with van der Waals surface area (Å²) in [6.07, 6.45) is 2.23. The maximum Gasteiger partial charge on any atom is 0.188 e. The molecule has 22 heavy (non-hydrogen) atoms. The van der Waals surface area contributed by atoms with Crippen molar-refractivity contribution in [2.75, 3.05) is 26.2 Å². The number of benzene rings is 1. The van der Waals surface area contributed by atoms with Crippen molar-refractivity contribution in [1.29, 1.82) is 0 Å². The van der Waals surface area contributed by atoms with Crippen molar-refractivity contribution in [3.05, 3.63) is 47.5 Å². The van der Waals surface area contributed by atoms with Crippen molar-refractivity contribution < 1.29 is 0 Å². The fourth-order valence-electron chi connectivity index (χ4n) is 2.54. The average Bonchev–Trinajstić information content (AvgIpc) is 2.49. The molecule has 0 atom stereocenters. The molecule has 0 amide bonds. The van der Waals surface area contributed by atoms with Gasteiger partial charge in [0.2, 0.25) is 0 Å². The molecule has 122 valence electrons. The standard InChI is InChI=1S/C17H26N4.HI/c1-14(2)12-20-17(18)19-9-5-10-21-11-8-15-6-3-4-7-16(15)13-21;/h3-4,6-7H,1,5,8-13H2,2H3,(H3,18,19,20);1H. The van der Waals surface area contributed by atoms with Crippen molar-refractivity contribution in [3.63, 3.8) is 0 Å². The highest BCUT2D eigenvalue weighted by Gasteiger charge is 2.14. The van der Waals surface area contributed by atoms with Gasteiger partial charge in [0, 0.05) is 26.2 Å². The molecule has 0 aliphatic carbocycles. The van der Waals surface area contributed by atoms with Crippen molar-refractivity contribution in [3.8, 4) is 0 Å². The zero-order valence-electron chi connectivity index (χ0n) is 13.3. The Labute approximate surface area is 150 Å². The normalized spacial score (nSPS) is 14.9. The van der Waals surface area contributed by atoms with Gasteiger partial charge in [0.1, 0.15) is 0 Å². The molecule has 1 aromatic rings. The van der Waals surface area contributed by atoms with Crippen LogP contribution in [-0.2, 0) is 13.0 Å². The smallest absolute Gasteiger partial charge is 0.188 e. The monoisotopic (exact) mass is 414 g/mol. The van der Waals surface area contributed by atoms with E-state index in [4.69, 9.17) is 5.73 Å². The first-order chi connectivity index (χ1) is 10.1. The molecule has 1 heterocycles. The summed E-state index contributed by atoms with van der Waals surface area (Å²) in [4.78, 5) is 6.71. The second-order valence-electron chi connectivity index (χ2n) is 5.73. The van der Waals surface area contributed by atoms with Crippen LogP contribution in [0.3, 0.4) is 0 Å². The molecule has 1 aliphatic rings. The predicted molar refractivity (Wildman–Crippen MR) is 105 cm³/mol. The number of aliphatic imine (C=N–C) groups is 1. The summed E-state index contributed by atoms with van der Waals surface area (Å²) >= 11 is 0. The van der Waals surface area contributed by atoms with E-state index < -0.39 is 0 Å². The third-order valence-corrected chi connectivity index (χ3v) is 3.69. The van der Waals surface area contributed by atoms with E-state index in [1.54, 1.807) is 0 Å². The average molecular weight is 414 g/mol. The van der Waals surface area contributed by atoms with Gasteiger partial charge >= 0.3 is 0 Å². The van der Waals surface area contributed by atoms with E-state index in [1.807, 2.05) is 6.92 Å². The van der Waals surface area contributed by atoms with Crippen molar-refractivity contribution in [1.82, 2.24) is 10.2 Å². The maximum absolute atomic E-state index is 5.79. The summed E-state index contributed by atoms with van der Waals surface area (Å²) in [6, 6.07) is 8.74. The highest BCUT2D eigenvalue weighted by molar-refractivity contribution is 14.0. The molecule has 0 saturated carbocycles. The summed E-state index contributed by atoms with van der Waals surface area (Å²) in [5.41, 5.74) is 9.78. The number of hydrogen-bond donors (Lipinski definition) is 2. The Morgan fingerprint density at radius 3 is 2.82 bits per heavy atom. The fourth-order valence-corrected chi connectivity index (χ4v) is 2.54. The van der Waals surface area contributed by atoms with Gasteiger partial charge in [-0.15, -0.1) is 24.0 Å². The lowest BCUT2D eigenvalue weighted by atomic mass is 10.00. The number of guanidine groups is 1. The van der Waals surface area contributed by atoms with E-state index in [0.717, 1.165) is 44.6 Å². The Morgan fingerprint density at radius 2 is 2.09 bits per heavy atom. The molecule has 0 spiro atoms. The van der Waals surface area contributed by atoms with E-state index in [0.29, 0.717) is 12.5 Å². The number of nitrogens with zero attached hydrogens (tertiary/aromatic N) is 2. The first kappa shape index (κ1) is 19.0. The van der Waals surface area contributed by atoms with Gasteiger partial charge in [0.05, 0.1) is 6.54 Å². The van der Waals surface area contributed by atoms with Crippen molar-refractivity contribution in [2.24, 2.45) is 10.7 Å². The van der Waals surface area contributed by atoms with E-state index in [1.165, 1.54) is 11.1 Å². The summed E-state index contributed by atoms with van der Waals surface area (Å²) in [5.74, 6) is 0.516. The van der Waals surface area contributed by atoms with Gasteiger partial charge in [-0.1, -0.05) is 36.4 Å². The van der Waals surface area contributed by atoms with Gasteiger partial charge < -0.3 is 11.1 Å². The van der Waals surface area contributed by atoms with Crippen molar-refractivity contribution in [2.45, 2.75) is 26.3 Å². The SMILES string of the molecule is C=C(C)CN=C(N)NCCCN1CCc2ccccc2C1.I. The minimum absolute atomic E-state index is 0. The molecular formula is C17H27IN4. The van der Waals surface area contributed by atoms with Crippen LogP contribution in [0.1, 0.15) is 24.5 Å². The van der Waals surface area contributed by atoms with Gasteiger partial charge in [-0.25, -0.2) is 4.99 Å². The molecule has 1 aromatic carbocycles. The molecule has 0 aromatic heterocycles. The Hall–Kier alpha value is -1.08. The summed E-state index contributed by atoms with van der Waals surface area (Å²) < 4.78 is 0. The molecule has 1 aliphatic heterocycles. The number of fused-ring (bicyclic) bond motifs is 1. The van der Waals surface area contributed by atoms with Crippen LogP contribution in [0, 0.1) is 0 Å². The number of halogens is 1. The molecule has 3 N–H and O–H groups in total. The summed E-state index contributed by atoms with van der Waals surface area (Å²) in [5, 5.41) is 3.16. The molecule has 0 fully saturated rings. The highest BCUT2D eigenvalue weighted by Crippen LogP contribution is 2.18. The lowest BCUT2D eigenvalue weighted by molar-refractivity contribution is 0.251. The molecule has 0 unspecified atom stereocenters. The zero-order chi connectivity index (χ0) is 15.1. The first-order valence-electron chi connectivity index (χ1n) is 7.62. The Morgan fingerprint density at radius 1 is 1.36 bits per heavy atom. The topological polar surface area (TPSA) is 53.6 Å². The van der Waals surface area contributed by atoms with E-state index in [-0.39, 0.29) is 24.0 Å². The van der Waals surface area contributed by atoms with Crippen LogP contribution in [-0.4, -0.2) is 37.0 Å². The van der Waals surface area contributed by atoms with Gasteiger partial charge in [-0.2, -0.15) is 0 Å². The Bertz CT molecular complexity index is 513. The molecule has 0 radical (unpaired) electrons. The van der Waals surface area contributed by atoms with Crippen LogP contribution in [0.25, 0.3) is 0 Å². The molecule has 0 bridgehead atoms.